The number of methoxy groups -OCH3 is 1. The van der Waals surface area contributed by atoms with Crippen LogP contribution in [0, 0.1) is 0 Å². The Bertz CT molecular complexity index is 402. The average Bonchev–Trinajstić information content (AvgIpc) is 2.79. The summed E-state index contributed by atoms with van der Waals surface area (Å²) in [5.74, 6) is 0.597. The number of phenols is 1. The fraction of sp³-hybridized carbons (Fsp3) is 0.538. The van der Waals surface area contributed by atoms with Crippen molar-refractivity contribution in [3.05, 3.63) is 23.8 Å². The molecule has 0 spiro atoms. The molecule has 1 aliphatic rings. The van der Waals surface area contributed by atoms with Crippen molar-refractivity contribution < 1.29 is 19.7 Å². The largest absolute Gasteiger partial charge is 0.504 e. The van der Waals surface area contributed by atoms with E-state index in [-0.39, 0.29) is 5.75 Å². The fourth-order valence-electron chi connectivity index (χ4n) is 2.04. The molecule has 2 rings (SSSR count). The molecule has 1 fully saturated rings. The summed E-state index contributed by atoms with van der Waals surface area (Å²) < 4.78 is 10.2. The molecular formula is C13H19NO4. The number of hydrogen-bond donors (Lipinski definition) is 3. The third kappa shape index (κ3) is 2.93. The molecule has 18 heavy (non-hydrogen) atoms. The minimum absolute atomic E-state index is 0.141. The average molecular weight is 253 g/mol. The highest BCUT2D eigenvalue weighted by atomic mass is 16.5. The lowest BCUT2D eigenvalue weighted by atomic mass is 10.0. The number of rotatable bonds is 5. The molecule has 0 amide bonds. The van der Waals surface area contributed by atoms with Crippen LogP contribution in [0.5, 0.6) is 11.5 Å². The minimum Gasteiger partial charge on any atom is -0.504 e. The van der Waals surface area contributed by atoms with E-state index >= 15 is 0 Å². The Morgan fingerprint density at radius 1 is 1.50 bits per heavy atom. The molecule has 0 aliphatic carbocycles. The number of phenolic OH excluding ortho intramolecular Hbond substituents is 1. The smallest absolute Gasteiger partial charge is 0.162 e. The summed E-state index contributed by atoms with van der Waals surface area (Å²) in [7, 11) is 1.52. The standard InChI is InChI=1S/C13H19NO4/c1-17-11-4-2-3-10(12(11)15)7-14-8-13(16)5-6-18-9-13/h2-4,14-16H,5-9H2,1H3. The molecule has 5 nitrogen and oxygen atoms in total. The summed E-state index contributed by atoms with van der Waals surface area (Å²) >= 11 is 0. The Morgan fingerprint density at radius 3 is 3.00 bits per heavy atom. The van der Waals surface area contributed by atoms with Gasteiger partial charge in [0.05, 0.1) is 13.7 Å². The van der Waals surface area contributed by atoms with Crippen molar-refractivity contribution in [2.45, 2.75) is 18.6 Å². The molecule has 0 bridgehead atoms. The lowest BCUT2D eigenvalue weighted by Crippen LogP contribution is -2.40. The summed E-state index contributed by atoms with van der Waals surface area (Å²) in [5.41, 5.74) is -0.0362. The van der Waals surface area contributed by atoms with Gasteiger partial charge >= 0.3 is 0 Å². The third-order valence-corrected chi connectivity index (χ3v) is 3.15. The van der Waals surface area contributed by atoms with Crippen LogP contribution in [-0.4, -0.2) is 42.7 Å². The van der Waals surface area contributed by atoms with Crippen molar-refractivity contribution in [2.75, 3.05) is 26.9 Å². The first kappa shape index (κ1) is 13.1. The summed E-state index contributed by atoms with van der Waals surface area (Å²) in [6.07, 6.45) is 0.643. The molecule has 0 saturated carbocycles. The zero-order valence-electron chi connectivity index (χ0n) is 10.5. The number of ether oxygens (including phenoxy) is 2. The van der Waals surface area contributed by atoms with Gasteiger partial charge < -0.3 is 25.0 Å². The van der Waals surface area contributed by atoms with Gasteiger partial charge in [0, 0.05) is 31.7 Å². The predicted octanol–water partition coefficient (Wildman–Crippen LogP) is 0.642. The fourth-order valence-corrected chi connectivity index (χ4v) is 2.04. The third-order valence-electron chi connectivity index (χ3n) is 3.15. The number of nitrogens with one attached hydrogen (secondary N) is 1. The van der Waals surface area contributed by atoms with E-state index < -0.39 is 5.60 Å². The Hall–Kier alpha value is -1.30. The molecule has 1 heterocycles. The first-order valence-electron chi connectivity index (χ1n) is 6.00. The summed E-state index contributed by atoms with van der Waals surface area (Å²) in [4.78, 5) is 0. The van der Waals surface area contributed by atoms with Crippen LogP contribution in [0.4, 0.5) is 0 Å². The van der Waals surface area contributed by atoms with Crippen molar-refractivity contribution in [1.82, 2.24) is 5.32 Å². The van der Waals surface area contributed by atoms with Crippen molar-refractivity contribution >= 4 is 0 Å². The van der Waals surface area contributed by atoms with Crippen LogP contribution in [0.3, 0.4) is 0 Å². The van der Waals surface area contributed by atoms with E-state index in [2.05, 4.69) is 5.32 Å². The van der Waals surface area contributed by atoms with Crippen LogP contribution in [0.15, 0.2) is 18.2 Å². The second kappa shape index (κ2) is 5.56. The van der Waals surface area contributed by atoms with Gasteiger partial charge in [-0.1, -0.05) is 12.1 Å². The van der Waals surface area contributed by atoms with E-state index in [1.165, 1.54) is 7.11 Å². The zero-order chi connectivity index (χ0) is 13.0. The Kier molecular flexibility index (Phi) is 4.06. The monoisotopic (exact) mass is 253 g/mol. The molecule has 0 aromatic heterocycles. The molecule has 1 aliphatic heterocycles. The van der Waals surface area contributed by atoms with E-state index in [0.717, 1.165) is 5.56 Å². The zero-order valence-corrected chi connectivity index (χ0v) is 10.5. The molecule has 1 saturated heterocycles. The Balaban J connectivity index is 1.90. The van der Waals surface area contributed by atoms with Crippen LogP contribution in [0.25, 0.3) is 0 Å². The van der Waals surface area contributed by atoms with Gasteiger partial charge in [-0.15, -0.1) is 0 Å². The molecule has 1 aromatic rings. The van der Waals surface area contributed by atoms with Crippen LogP contribution < -0.4 is 10.1 Å². The minimum atomic E-state index is -0.783. The van der Waals surface area contributed by atoms with Crippen LogP contribution in [0.1, 0.15) is 12.0 Å². The number of benzene rings is 1. The van der Waals surface area contributed by atoms with Gasteiger partial charge in [-0.25, -0.2) is 0 Å². The normalized spacial score (nSPS) is 23.2. The maximum absolute atomic E-state index is 10.1. The van der Waals surface area contributed by atoms with E-state index in [0.29, 0.717) is 38.5 Å². The van der Waals surface area contributed by atoms with Crippen molar-refractivity contribution in [2.24, 2.45) is 0 Å². The van der Waals surface area contributed by atoms with E-state index in [1.807, 2.05) is 12.1 Å². The van der Waals surface area contributed by atoms with Crippen molar-refractivity contribution in [3.8, 4) is 11.5 Å². The highest BCUT2D eigenvalue weighted by molar-refractivity contribution is 5.45. The van der Waals surface area contributed by atoms with Crippen molar-refractivity contribution in [1.29, 1.82) is 0 Å². The molecule has 0 radical (unpaired) electrons. The molecule has 1 unspecified atom stereocenters. The van der Waals surface area contributed by atoms with E-state index in [4.69, 9.17) is 9.47 Å². The first-order chi connectivity index (χ1) is 8.64. The maximum Gasteiger partial charge on any atom is 0.162 e. The van der Waals surface area contributed by atoms with Gasteiger partial charge in [0.2, 0.25) is 0 Å². The van der Waals surface area contributed by atoms with Gasteiger partial charge in [-0.2, -0.15) is 0 Å². The van der Waals surface area contributed by atoms with Gasteiger partial charge in [0.15, 0.2) is 11.5 Å². The SMILES string of the molecule is COc1cccc(CNCC2(O)CCOC2)c1O. The highest BCUT2D eigenvalue weighted by Gasteiger charge is 2.31. The topological polar surface area (TPSA) is 71.0 Å². The number of aliphatic hydroxyl groups is 1. The van der Waals surface area contributed by atoms with Gasteiger partial charge in [-0.3, -0.25) is 0 Å². The molecular weight excluding hydrogens is 234 g/mol. The molecule has 3 N–H and O–H groups in total. The van der Waals surface area contributed by atoms with Crippen molar-refractivity contribution in [3.63, 3.8) is 0 Å². The maximum atomic E-state index is 10.1. The lowest BCUT2D eigenvalue weighted by molar-refractivity contribution is 0.0268. The summed E-state index contributed by atoms with van der Waals surface area (Å²) in [6, 6.07) is 5.35. The number of hydrogen-bond acceptors (Lipinski definition) is 5. The quantitative estimate of drug-likeness (QED) is 0.718. The molecule has 5 heteroatoms. The summed E-state index contributed by atoms with van der Waals surface area (Å²) in [5, 5.41) is 23.1. The van der Waals surface area contributed by atoms with E-state index in [1.54, 1.807) is 6.07 Å². The Morgan fingerprint density at radius 2 is 2.33 bits per heavy atom. The molecule has 1 atom stereocenters. The summed E-state index contributed by atoms with van der Waals surface area (Å²) in [6.45, 7) is 1.89. The number of aromatic hydroxyl groups is 1. The van der Waals surface area contributed by atoms with Crippen LogP contribution in [-0.2, 0) is 11.3 Å². The van der Waals surface area contributed by atoms with Crippen LogP contribution in [0.2, 0.25) is 0 Å². The van der Waals surface area contributed by atoms with Gasteiger partial charge in [0.1, 0.15) is 5.60 Å². The molecule has 1 aromatic carbocycles. The molecule has 100 valence electrons. The predicted molar refractivity (Wildman–Crippen MR) is 66.8 cm³/mol. The second-order valence-electron chi connectivity index (χ2n) is 4.60. The van der Waals surface area contributed by atoms with E-state index in [9.17, 15) is 10.2 Å². The lowest BCUT2D eigenvalue weighted by Gasteiger charge is -2.21. The highest BCUT2D eigenvalue weighted by Crippen LogP contribution is 2.29. The van der Waals surface area contributed by atoms with Crippen LogP contribution >= 0.6 is 0 Å². The van der Waals surface area contributed by atoms with Gasteiger partial charge in [-0.05, 0) is 6.07 Å². The van der Waals surface area contributed by atoms with Gasteiger partial charge in [0.25, 0.3) is 0 Å². The first-order valence-corrected chi connectivity index (χ1v) is 6.00. The number of para-hydroxylation sites is 1. The second-order valence-corrected chi connectivity index (χ2v) is 4.60. The Labute approximate surface area is 106 Å².